The lowest BCUT2D eigenvalue weighted by atomic mass is 10.2. The number of methoxy groups -OCH3 is 1. The van der Waals surface area contributed by atoms with Gasteiger partial charge in [0.2, 0.25) is 10.0 Å². The monoisotopic (exact) mass is 342 g/mol. The molecule has 22 heavy (non-hydrogen) atoms. The summed E-state index contributed by atoms with van der Waals surface area (Å²) in [6, 6.07) is 4.61. The Hall–Kier alpha value is -1.62. The van der Waals surface area contributed by atoms with Gasteiger partial charge in [0.25, 0.3) is 0 Å². The van der Waals surface area contributed by atoms with E-state index in [1.54, 1.807) is 0 Å². The first-order valence-corrected chi connectivity index (χ1v) is 8.45. The quantitative estimate of drug-likeness (QED) is 0.763. The van der Waals surface area contributed by atoms with Gasteiger partial charge in [0.1, 0.15) is 12.1 Å². The van der Waals surface area contributed by atoms with Crippen molar-refractivity contribution in [2.75, 3.05) is 7.11 Å². The molecule has 6 nitrogen and oxygen atoms in total. The minimum absolute atomic E-state index is 0.0592. The number of halogens is 1. The van der Waals surface area contributed by atoms with Gasteiger partial charge in [0.15, 0.2) is 0 Å². The Morgan fingerprint density at radius 1 is 1.50 bits per heavy atom. The Morgan fingerprint density at radius 2 is 2.14 bits per heavy atom. The van der Waals surface area contributed by atoms with Crippen molar-refractivity contribution in [2.24, 2.45) is 0 Å². The molecule has 0 aliphatic heterocycles. The molecule has 0 bridgehead atoms. The third kappa shape index (κ3) is 3.09. The Morgan fingerprint density at radius 3 is 2.64 bits per heavy atom. The molecule has 0 heterocycles. The number of nitrogens with zero attached hydrogens (tertiary/aromatic N) is 2. The van der Waals surface area contributed by atoms with Gasteiger partial charge in [0.05, 0.1) is 22.6 Å². The molecule has 118 valence electrons. The number of hydrogen-bond donors (Lipinski definition) is 0. The molecule has 0 amide bonds. The molecule has 0 saturated heterocycles. The minimum Gasteiger partial charge on any atom is -0.468 e. The normalized spacial score (nSPS) is 16.1. The van der Waals surface area contributed by atoms with Crippen LogP contribution in [0.5, 0.6) is 0 Å². The summed E-state index contributed by atoms with van der Waals surface area (Å²) in [5.74, 6) is -0.620. The SMILES string of the molecule is COC(=O)[C@@H](C)N(C1CC1)S(=O)(=O)c1ccc(Cl)c(C#N)c1. The van der Waals surface area contributed by atoms with Gasteiger partial charge >= 0.3 is 5.97 Å². The molecule has 1 aliphatic carbocycles. The summed E-state index contributed by atoms with van der Waals surface area (Å²) in [4.78, 5) is 11.7. The molecular weight excluding hydrogens is 328 g/mol. The van der Waals surface area contributed by atoms with Crippen LogP contribution in [0.25, 0.3) is 0 Å². The van der Waals surface area contributed by atoms with Gasteiger partial charge in [0, 0.05) is 6.04 Å². The Bertz CT molecular complexity index is 738. The van der Waals surface area contributed by atoms with E-state index >= 15 is 0 Å². The fourth-order valence-corrected chi connectivity index (χ4v) is 4.21. The molecule has 8 heteroatoms. The van der Waals surface area contributed by atoms with Crippen LogP contribution >= 0.6 is 11.6 Å². The lowest BCUT2D eigenvalue weighted by Crippen LogP contribution is -2.45. The Balaban J connectivity index is 2.46. The van der Waals surface area contributed by atoms with E-state index in [2.05, 4.69) is 4.74 Å². The molecule has 0 radical (unpaired) electrons. The van der Waals surface area contributed by atoms with E-state index < -0.39 is 22.0 Å². The number of sulfonamides is 1. The first-order valence-electron chi connectivity index (χ1n) is 6.64. The van der Waals surface area contributed by atoms with Crippen LogP contribution in [0.3, 0.4) is 0 Å². The number of carbonyl (C=O) groups is 1. The number of nitriles is 1. The summed E-state index contributed by atoms with van der Waals surface area (Å²) in [6.45, 7) is 1.49. The second-order valence-electron chi connectivity index (χ2n) is 5.02. The van der Waals surface area contributed by atoms with E-state index in [0.717, 1.165) is 4.31 Å². The zero-order valence-corrected chi connectivity index (χ0v) is 13.7. The molecule has 1 aromatic rings. The van der Waals surface area contributed by atoms with Crippen LogP contribution in [0.1, 0.15) is 25.3 Å². The highest BCUT2D eigenvalue weighted by Gasteiger charge is 2.44. The lowest BCUT2D eigenvalue weighted by molar-refractivity contribution is -0.144. The standard InChI is InChI=1S/C14H15ClN2O4S/c1-9(14(18)21-2)17(11-3-4-11)22(19,20)12-5-6-13(15)10(7-12)8-16/h5-7,9,11H,3-4H2,1-2H3/t9-/m1/s1. The number of hydrogen-bond acceptors (Lipinski definition) is 5. The van der Waals surface area contributed by atoms with Crippen LogP contribution in [-0.4, -0.2) is 37.9 Å². The second kappa shape index (κ2) is 6.24. The van der Waals surface area contributed by atoms with Crippen molar-refractivity contribution in [3.8, 4) is 6.07 Å². The molecule has 1 aliphatic rings. The molecule has 0 aromatic heterocycles. The molecule has 2 rings (SSSR count). The van der Waals surface area contributed by atoms with Crippen LogP contribution in [0, 0.1) is 11.3 Å². The second-order valence-corrected chi connectivity index (χ2v) is 7.27. The van der Waals surface area contributed by atoms with Gasteiger partial charge in [-0.2, -0.15) is 9.57 Å². The lowest BCUT2D eigenvalue weighted by Gasteiger charge is -2.26. The summed E-state index contributed by atoms with van der Waals surface area (Å²) >= 11 is 5.83. The topological polar surface area (TPSA) is 87.5 Å². The molecule has 0 unspecified atom stereocenters. The molecular formula is C14H15ClN2O4S. The van der Waals surface area contributed by atoms with Crippen LogP contribution in [0.2, 0.25) is 5.02 Å². The van der Waals surface area contributed by atoms with E-state index in [0.29, 0.717) is 12.8 Å². The van der Waals surface area contributed by atoms with Crippen molar-refractivity contribution in [3.63, 3.8) is 0 Å². The van der Waals surface area contributed by atoms with Gasteiger partial charge in [-0.25, -0.2) is 8.42 Å². The highest BCUT2D eigenvalue weighted by molar-refractivity contribution is 7.89. The summed E-state index contributed by atoms with van der Waals surface area (Å²) in [5.41, 5.74) is 0.0733. The molecule has 1 fully saturated rings. The van der Waals surface area contributed by atoms with Gasteiger partial charge in [-0.05, 0) is 38.0 Å². The van der Waals surface area contributed by atoms with Crippen LogP contribution in [0.15, 0.2) is 23.1 Å². The van der Waals surface area contributed by atoms with E-state index in [1.807, 2.05) is 6.07 Å². The van der Waals surface area contributed by atoms with Crippen molar-refractivity contribution in [1.82, 2.24) is 4.31 Å². The third-order valence-corrected chi connectivity index (χ3v) is 5.81. The van der Waals surface area contributed by atoms with Crippen LogP contribution < -0.4 is 0 Å². The minimum atomic E-state index is -3.92. The summed E-state index contributed by atoms with van der Waals surface area (Å²) < 4.78 is 31.4. The number of ether oxygens (including phenoxy) is 1. The molecule has 1 saturated carbocycles. The predicted molar refractivity (Wildman–Crippen MR) is 79.7 cm³/mol. The van der Waals surface area contributed by atoms with Gasteiger partial charge in [-0.3, -0.25) is 4.79 Å². The third-order valence-electron chi connectivity index (χ3n) is 3.46. The van der Waals surface area contributed by atoms with Crippen molar-refractivity contribution in [2.45, 2.75) is 36.7 Å². The smallest absolute Gasteiger partial charge is 0.323 e. The average molecular weight is 343 g/mol. The zero-order chi connectivity index (χ0) is 16.5. The first-order chi connectivity index (χ1) is 10.3. The predicted octanol–water partition coefficient (Wildman–Crippen LogP) is 1.93. The fourth-order valence-electron chi connectivity index (χ4n) is 2.20. The van der Waals surface area contributed by atoms with Gasteiger partial charge in [-0.1, -0.05) is 11.6 Å². The van der Waals surface area contributed by atoms with Crippen LogP contribution in [-0.2, 0) is 19.6 Å². The van der Waals surface area contributed by atoms with Crippen LogP contribution in [0.4, 0.5) is 0 Å². The highest BCUT2D eigenvalue weighted by Crippen LogP contribution is 2.35. The summed E-state index contributed by atoms with van der Waals surface area (Å²) in [5, 5.41) is 9.17. The molecule has 0 N–H and O–H groups in total. The van der Waals surface area contributed by atoms with Gasteiger partial charge < -0.3 is 4.74 Å². The number of carbonyl (C=O) groups excluding carboxylic acids is 1. The van der Waals surface area contributed by atoms with E-state index in [1.165, 1.54) is 32.2 Å². The summed E-state index contributed by atoms with van der Waals surface area (Å²) in [6.07, 6.45) is 1.39. The van der Waals surface area contributed by atoms with Crippen molar-refractivity contribution in [3.05, 3.63) is 28.8 Å². The van der Waals surface area contributed by atoms with Crippen molar-refractivity contribution in [1.29, 1.82) is 5.26 Å². The molecule has 0 spiro atoms. The summed E-state index contributed by atoms with van der Waals surface area (Å²) in [7, 11) is -2.70. The number of esters is 1. The van der Waals surface area contributed by atoms with Crippen molar-refractivity contribution >= 4 is 27.6 Å². The zero-order valence-electron chi connectivity index (χ0n) is 12.1. The fraction of sp³-hybridized carbons (Fsp3) is 0.429. The number of rotatable bonds is 5. The molecule has 1 atom stereocenters. The van der Waals surface area contributed by atoms with E-state index in [9.17, 15) is 13.2 Å². The first kappa shape index (κ1) is 16.7. The van der Waals surface area contributed by atoms with Gasteiger partial charge in [-0.15, -0.1) is 0 Å². The number of benzene rings is 1. The molecule has 1 aromatic carbocycles. The van der Waals surface area contributed by atoms with E-state index in [-0.39, 0.29) is 21.5 Å². The maximum absolute atomic E-state index is 12.8. The maximum Gasteiger partial charge on any atom is 0.323 e. The average Bonchev–Trinajstić information content (AvgIpc) is 3.31. The van der Waals surface area contributed by atoms with E-state index in [4.69, 9.17) is 16.9 Å². The Labute approximate surface area is 134 Å². The van der Waals surface area contributed by atoms with Crippen molar-refractivity contribution < 1.29 is 17.9 Å². The Kier molecular flexibility index (Phi) is 4.75. The maximum atomic E-state index is 12.8. The largest absolute Gasteiger partial charge is 0.468 e. The highest BCUT2D eigenvalue weighted by atomic mass is 35.5.